The lowest BCUT2D eigenvalue weighted by Crippen LogP contribution is -2.23. The van der Waals surface area contributed by atoms with Crippen LogP contribution in [0.5, 0.6) is 0 Å². The molecule has 0 radical (unpaired) electrons. The van der Waals surface area contributed by atoms with Crippen molar-refractivity contribution in [2.75, 3.05) is 0 Å². The molecule has 124 valence electrons. The van der Waals surface area contributed by atoms with Crippen molar-refractivity contribution in [3.05, 3.63) is 65.6 Å². The molecule has 0 saturated carbocycles. The molecule has 0 fully saturated rings. The molecule has 3 rings (SSSR count). The van der Waals surface area contributed by atoms with E-state index in [0.717, 1.165) is 11.1 Å². The quantitative estimate of drug-likeness (QED) is 0.756. The standard InChI is InChI=1S/C16H15ClN4O2S/c1-21-11-13(9-19-21)16-12(4-3-7-18-16)10-20-24(22,23)15-6-2-5-14(17)8-15/h2-9,11,20H,10H2,1H3. The molecule has 3 aromatic rings. The van der Waals surface area contributed by atoms with Crippen LogP contribution in [0.3, 0.4) is 0 Å². The Bertz CT molecular complexity index is 969. The van der Waals surface area contributed by atoms with Crippen molar-refractivity contribution in [2.24, 2.45) is 7.05 Å². The first-order valence-electron chi connectivity index (χ1n) is 7.14. The van der Waals surface area contributed by atoms with E-state index in [2.05, 4.69) is 14.8 Å². The average molecular weight is 363 g/mol. The van der Waals surface area contributed by atoms with E-state index < -0.39 is 10.0 Å². The lowest BCUT2D eigenvalue weighted by Gasteiger charge is -2.09. The van der Waals surface area contributed by atoms with Crippen LogP contribution in [0.1, 0.15) is 5.56 Å². The number of benzene rings is 1. The van der Waals surface area contributed by atoms with Crippen LogP contribution < -0.4 is 4.72 Å². The fourth-order valence-corrected chi connectivity index (χ4v) is 3.58. The van der Waals surface area contributed by atoms with Gasteiger partial charge in [-0.3, -0.25) is 9.67 Å². The molecule has 1 N–H and O–H groups in total. The third-order valence-electron chi connectivity index (χ3n) is 3.43. The predicted molar refractivity (Wildman–Crippen MR) is 91.9 cm³/mol. The molecule has 0 spiro atoms. The second kappa shape index (κ2) is 6.72. The summed E-state index contributed by atoms with van der Waals surface area (Å²) in [5.41, 5.74) is 2.28. The van der Waals surface area contributed by atoms with Gasteiger partial charge >= 0.3 is 0 Å². The highest BCUT2D eigenvalue weighted by molar-refractivity contribution is 7.89. The van der Waals surface area contributed by atoms with Crippen molar-refractivity contribution >= 4 is 21.6 Å². The van der Waals surface area contributed by atoms with Crippen molar-refractivity contribution in [2.45, 2.75) is 11.4 Å². The van der Waals surface area contributed by atoms with Gasteiger partial charge in [-0.1, -0.05) is 23.7 Å². The molecular weight excluding hydrogens is 348 g/mol. The lowest BCUT2D eigenvalue weighted by atomic mass is 10.1. The van der Waals surface area contributed by atoms with Crippen LogP contribution in [-0.4, -0.2) is 23.2 Å². The number of aromatic nitrogens is 3. The molecular formula is C16H15ClN4O2S. The Labute approximate surface area is 145 Å². The Morgan fingerprint density at radius 1 is 1.25 bits per heavy atom. The minimum absolute atomic E-state index is 0.118. The molecule has 0 saturated heterocycles. The van der Waals surface area contributed by atoms with E-state index in [9.17, 15) is 8.42 Å². The van der Waals surface area contributed by atoms with E-state index in [4.69, 9.17) is 11.6 Å². The summed E-state index contributed by atoms with van der Waals surface area (Å²) in [6, 6.07) is 9.73. The Morgan fingerprint density at radius 3 is 2.79 bits per heavy atom. The van der Waals surface area contributed by atoms with Crippen molar-refractivity contribution in [1.82, 2.24) is 19.5 Å². The molecule has 24 heavy (non-hydrogen) atoms. The maximum Gasteiger partial charge on any atom is 0.240 e. The minimum Gasteiger partial charge on any atom is -0.275 e. The molecule has 6 nitrogen and oxygen atoms in total. The normalized spacial score (nSPS) is 11.6. The molecule has 0 aliphatic rings. The number of sulfonamides is 1. The largest absolute Gasteiger partial charge is 0.275 e. The van der Waals surface area contributed by atoms with Crippen LogP contribution in [0.4, 0.5) is 0 Å². The summed E-state index contributed by atoms with van der Waals surface area (Å²) in [6.45, 7) is 0.118. The molecule has 1 aromatic carbocycles. The summed E-state index contributed by atoms with van der Waals surface area (Å²) < 4.78 is 29.1. The van der Waals surface area contributed by atoms with Gasteiger partial charge < -0.3 is 0 Å². The Kier molecular flexibility index (Phi) is 4.66. The zero-order valence-electron chi connectivity index (χ0n) is 12.8. The van der Waals surface area contributed by atoms with Gasteiger partial charge in [0.05, 0.1) is 16.8 Å². The molecule has 2 heterocycles. The summed E-state index contributed by atoms with van der Waals surface area (Å²) >= 11 is 5.86. The van der Waals surface area contributed by atoms with E-state index in [1.165, 1.54) is 12.1 Å². The number of nitrogens with one attached hydrogen (secondary N) is 1. The van der Waals surface area contributed by atoms with Gasteiger partial charge in [0.1, 0.15) is 0 Å². The predicted octanol–water partition coefficient (Wildman–Crippen LogP) is 2.61. The van der Waals surface area contributed by atoms with Gasteiger partial charge in [-0.15, -0.1) is 0 Å². The highest BCUT2D eigenvalue weighted by Gasteiger charge is 2.16. The van der Waals surface area contributed by atoms with Gasteiger partial charge in [0, 0.05) is 36.6 Å². The molecule has 0 atom stereocenters. The number of halogens is 1. The zero-order valence-corrected chi connectivity index (χ0v) is 14.4. The van der Waals surface area contributed by atoms with Crippen molar-refractivity contribution in [3.8, 4) is 11.3 Å². The van der Waals surface area contributed by atoms with Crippen molar-refractivity contribution in [1.29, 1.82) is 0 Å². The molecule has 0 amide bonds. The van der Waals surface area contributed by atoms with E-state index in [-0.39, 0.29) is 11.4 Å². The number of pyridine rings is 1. The second-order valence-electron chi connectivity index (χ2n) is 5.20. The van der Waals surface area contributed by atoms with Gasteiger partial charge in [-0.05, 0) is 29.8 Å². The molecule has 0 unspecified atom stereocenters. The number of hydrogen-bond acceptors (Lipinski definition) is 4. The summed E-state index contributed by atoms with van der Waals surface area (Å²) in [5, 5.41) is 4.49. The first-order valence-corrected chi connectivity index (χ1v) is 9.00. The maximum atomic E-state index is 12.4. The number of rotatable bonds is 5. The maximum absolute atomic E-state index is 12.4. The highest BCUT2D eigenvalue weighted by Crippen LogP contribution is 2.21. The van der Waals surface area contributed by atoms with Crippen molar-refractivity contribution < 1.29 is 8.42 Å². The SMILES string of the molecule is Cn1cc(-c2ncccc2CNS(=O)(=O)c2cccc(Cl)c2)cn1. The molecule has 0 bridgehead atoms. The van der Waals surface area contributed by atoms with Crippen LogP contribution in [0.25, 0.3) is 11.3 Å². The van der Waals surface area contributed by atoms with E-state index >= 15 is 0 Å². The fourth-order valence-electron chi connectivity index (χ4n) is 2.27. The highest BCUT2D eigenvalue weighted by atomic mass is 35.5. The van der Waals surface area contributed by atoms with Crippen LogP contribution >= 0.6 is 11.6 Å². The molecule has 8 heteroatoms. The molecule has 2 aromatic heterocycles. The van der Waals surface area contributed by atoms with Crippen LogP contribution in [0, 0.1) is 0 Å². The lowest BCUT2D eigenvalue weighted by molar-refractivity contribution is 0.581. The molecule has 0 aliphatic carbocycles. The Balaban J connectivity index is 1.85. The zero-order chi connectivity index (χ0) is 17.2. The Hall–Kier alpha value is -2.22. The molecule has 0 aliphatic heterocycles. The summed E-state index contributed by atoms with van der Waals surface area (Å²) in [7, 11) is -1.84. The van der Waals surface area contributed by atoms with E-state index in [1.54, 1.807) is 35.3 Å². The van der Waals surface area contributed by atoms with Crippen LogP contribution in [0.15, 0.2) is 59.9 Å². The van der Waals surface area contributed by atoms with E-state index in [1.807, 2.05) is 19.3 Å². The van der Waals surface area contributed by atoms with Gasteiger partial charge in [0.15, 0.2) is 0 Å². The second-order valence-corrected chi connectivity index (χ2v) is 7.40. The van der Waals surface area contributed by atoms with Crippen LogP contribution in [-0.2, 0) is 23.6 Å². The van der Waals surface area contributed by atoms with Crippen LogP contribution in [0.2, 0.25) is 5.02 Å². The monoisotopic (exact) mass is 362 g/mol. The fraction of sp³-hybridized carbons (Fsp3) is 0.125. The summed E-state index contributed by atoms with van der Waals surface area (Å²) in [4.78, 5) is 4.47. The van der Waals surface area contributed by atoms with Gasteiger partial charge in [0.2, 0.25) is 10.0 Å². The number of hydrogen-bond donors (Lipinski definition) is 1. The van der Waals surface area contributed by atoms with Gasteiger partial charge in [0.25, 0.3) is 0 Å². The topological polar surface area (TPSA) is 76.9 Å². The van der Waals surface area contributed by atoms with Gasteiger partial charge in [-0.2, -0.15) is 5.10 Å². The average Bonchev–Trinajstić information content (AvgIpc) is 3.00. The summed E-state index contributed by atoms with van der Waals surface area (Å²) in [6.07, 6.45) is 5.19. The smallest absolute Gasteiger partial charge is 0.240 e. The van der Waals surface area contributed by atoms with Crippen molar-refractivity contribution in [3.63, 3.8) is 0 Å². The van der Waals surface area contributed by atoms with E-state index in [0.29, 0.717) is 10.7 Å². The third kappa shape index (κ3) is 3.64. The first-order chi connectivity index (χ1) is 11.5. The number of aryl methyl sites for hydroxylation is 1. The number of nitrogens with zero attached hydrogens (tertiary/aromatic N) is 3. The Morgan fingerprint density at radius 2 is 2.08 bits per heavy atom. The van der Waals surface area contributed by atoms with Gasteiger partial charge in [-0.25, -0.2) is 13.1 Å². The summed E-state index contributed by atoms with van der Waals surface area (Å²) in [5.74, 6) is 0. The minimum atomic E-state index is -3.66. The third-order valence-corrected chi connectivity index (χ3v) is 5.06. The first kappa shape index (κ1) is 16.6.